The number of aliphatic imine (C=N–C) groups is 1. The first kappa shape index (κ1) is 16.5. The van der Waals surface area contributed by atoms with E-state index in [1.807, 2.05) is 24.3 Å². The summed E-state index contributed by atoms with van der Waals surface area (Å²) in [5.41, 5.74) is 0.728. The van der Waals surface area contributed by atoms with Gasteiger partial charge in [-0.05, 0) is 43.5 Å². The summed E-state index contributed by atoms with van der Waals surface area (Å²) in [5, 5.41) is 3.21. The van der Waals surface area contributed by atoms with Gasteiger partial charge in [0.25, 0.3) is 5.91 Å². The number of amidine groups is 1. The van der Waals surface area contributed by atoms with E-state index in [0.29, 0.717) is 0 Å². The number of rotatable bonds is 3. The number of benzene rings is 1. The van der Waals surface area contributed by atoms with Crippen molar-refractivity contribution >= 4 is 50.4 Å². The van der Waals surface area contributed by atoms with Crippen molar-refractivity contribution in [2.24, 2.45) is 4.99 Å². The molecular formula is C16H18BrN3O2S. The van der Waals surface area contributed by atoms with E-state index >= 15 is 0 Å². The van der Waals surface area contributed by atoms with Gasteiger partial charge in [-0.25, -0.2) is 0 Å². The van der Waals surface area contributed by atoms with Crippen LogP contribution in [0.4, 0.5) is 5.69 Å². The van der Waals surface area contributed by atoms with Gasteiger partial charge in [0.1, 0.15) is 5.25 Å². The molecule has 0 aromatic heterocycles. The normalized spacial score (nSPS) is 21.3. The summed E-state index contributed by atoms with van der Waals surface area (Å²) in [6.07, 6.45) is 3.67. The van der Waals surface area contributed by atoms with Crippen molar-refractivity contribution in [1.82, 2.24) is 4.90 Å². The number of piperidine rings is 1. The topological polar surface area (TPSA) is 61.8 Å². The van der Waals surface area contributed by atoms with E-state index in [1.54, 1.807) is 0 Å². The van der Waals surface area contributed by atoms with Crippen LogP contribution in [-0.4, -0.2) is 40.2 Å². The predicted octanol–water partition coefficient (Wildman–Crippen LogP) is 3.26. The maximum atomic E-state index is 12.1. The minimum absolute atomic E-state index is 0.153. The monoisotopic (exact) mass is 395 g/mol. The van der Waals surface area contributed by atoms with Gasteiger partial charge in [0.15, 0.2) is 5.17 Å². The van der Waals surface area contributed by atoms with Crippen molar-refractivity contribution in [1.29, 1.82) is 0 Å². The number of hydrogen-bond donors (Lipinski definition) is 1. The molecule has 1 fully saturated rings. The van der Waals surface area contributed by atoms with Crippen molar-refractivity contribution in [3.8, 4) is 0 Å². The van der Waals surface area contributed by atoms with E-state index < -0.39 is 5.25 Å². The summed E-state index contributed by atoms with van der Waals surface area (Å²) in [4.78, 5) is 30.5. The van der Waals surface area contributed by atoms with Gasteiger partial charge in [-0.15, -0.1) is 0 Å². The van der Waals surface area contributed by atoms with Crippen LogP contribution in [0.25, 0.3) is 0 Å². The lowest BCUT2D eigenvalue weighted by Gasteiger charge is -2.27. The van der Waals surface area contributed by atoms with Crippen LogP contribution in [0.1, 0.15) is 25.7 Å². The van der Waals surface area contributed by atoms with Gasteiger partial charge in [0.2, 0.25) is 5.91 Å². The molecule has 1 aromatic carbocycles. The van der Waals surface area contributed by atoms with E-state index in [4.69, 9.17) is 0 Å². The third-order valence-corrected chi connectivity index (χ3v) is 5.60. The maximum Gasteiger partial charge on any atom is 0.262 e. The van der Waals surface area contributed by atoms with Crippen LogP contribution in [0.15, 0.2) is 33.7 Å². The Kier molecular flexibility index (Phi) is 5.38. The minimum atomic E-state index is -0.401. The second-order valence-corrected chi connectivity index (χ2v) is 7.73. The van der Waals surface area contributed by atoms with Crippen LogP contribution in [0, 0.1) is 0 Å². The Bertz CT molecular complexity index is 627. The summed E-state index contributed by atoms with van der Waals surface area (Å²) in [6, 6.07) is 7.37. The summed E-state index contributed by atoms with van der Waals surface area (Å²) < 4.78 is 0.955. The fourth-order valence-electron chi connectivity index (χ4n) is 2.64. The molecule has 0 aliphatic carbocycles. The minimum Gasteiger partial charge on any atom is -0.351 e. The molecule has 7 heteroatoms. The van der Waals surface area contributed by atoms with Gasteiger partial charge in [0, 0.05) is 29.7 Å². The molecule has 0 unspecified atom stereocenters. The molecule has 0 radical (unpaired) electrons. The first-order chi connectivity index (χ1) is 11.1. The summed E-state index contributed by atoms with van der Waals surface area (Å²) >= 11 is 4.78. The second-order valence-electron chi connectivity index (χ2n) is 5.65. The number of nitrogens with one attached hydrogen (secondary N) is 1. The van der Waals surface area contributed by atoms with Crippen LogP contribution in [-0.2, 0) is 9.59 Å². The molecule has 1 N–H and O–H groups in total. The number of carbonyl (C=O) groups is 2. The SMILES string of the molecule is O=C(C[C@@H]1SC(N2CCCCC2)=NC1=O)Nc1ccc(Br)cc1. The first-order valence-electron chi connectivity index (χ1n) is 7.71. The van der Waals surface area contributed by atoms with Crippen molar-refractivity contribution in [2.75, 3.05) is 18.4 Å². The van der Waals surface area contributed by atoms with Crippen LogP contribution >= 0.6 is 27.7 Å². The highest BCUT2D eigenvalue weighted by molar-refractivity contribution is 9.10. The number of hydrogen-bond acceptors (Lipinski definition) is 4. The molecule has 122 valence electrons. The number of amides is 2. The zero-order chi connectivity index (χ0) is 16.2. The highest BCUT2D eigenvalue weighted by Gasteiger charge is 2.33. The number of halogens is 1. The van der Waals surface area contributed by atoms with Gasteiger partial charge < -0.3 is 10.2 Å². The zero-order valence-corrected chi connectivity index (χ0v) is 15.0. The Morgan fingerprint density at radius 3 is 2.65 bits per heavy atom. The molecule has 2 amide bonds. The number of nitrogens with zero attached hydrogens (tertiary/aromatic N) is 2. The lowest BCUT2D eigenvalue weighted by molar-refractivity contribution is -0.121. The Labute approximate surface area is 148 Å². The molecule has 2 aliphatic rings. The summed E-state index contributed by atoms with van der Waals surface area (Å²) in [7, 11) is 0. The van der Waals surface area contributed by atoms with E-state index in [0.717, 1.165) is 41.3 Å². The third-order valence-electron chi connectivity index (χ3n) is 3.85. The Morgan fingerprint density at radius 1 is 1.26 bits per heavy atom. The van der Waals surface area contributed by atoms with Gasteiger partial charge in [-0.3, -0.25) is 9.59 Å². The van der Waals surface area contributed by atoms with Gasteiger partial charge in [0.05, 0.1) is 0 Å². The lowest BCUT2D eigenvalue weighted by atomic mass is 10.1. The molecule has 3 rings (SSSR count). The lowest BCUT2D eigenvalue weighted by Crippen LogP contribution is -2.33. The summed E-state index contributed by atoms with van der Waals surface area (Å²) in [5.74, 6) is -0.352. The highest BCUT2D eigenvalue weighted by atomic mass is 79.9. The van der Waals surface area contributed by atoms with E-state index in [9.17, 15) is 9.59 Å². The standard InChI is InChI=1S/C16H18BrN3O2S/c17-11-4-6-12(7-5-11)18-14(21)10-13-15(22)19-16(23-13)20-8-2-1-3-9-20/h4-7,13H,1-3,8-10H2,(H,18,21)/t13-/m0/s1. The van der Waals surface area contributed by atoms with E-state index in [1.165, 1.54) is 18.2 Å². The van der Waals surface area contributed by atoms with Crippen molar-refractivity contribution < 1.29 is 9.59 Å². The van der Waals surface area contributed by atoms with Crippen molar-refractivity contribution in [2.45, 2.75) is 30.9 Å². The van der Waals surface area contributed by atoms with E-state index in [-0.39, 0.29) is 18.2 Å². The number of anilines is 1. The maximum absolute atomic E-state index is 12.1. The molecule has 2 heterocycles. The smallest absolute Gasteiger partial charge is 0.262 e. The predicted molar refractivity (Wildman–Crippen MR) is 96.6 cm³/mol. The molecule has 1 aromatic rings. The molecule has 0 bridgehead atoms. The quantitative estimate of drug-likeness (QED) is 0.852. The molecule has 1 saturated heterocycles. The average molecular weight is 396 g/mol. The zero-order valence-electron chi connectivity index (χ0n) is 12.6. The molecule has 2 aliphatic heterocycles. The van der Waals surface area contributed by atoms with Crippen LogP contribution < -0.4 is 5.32 Å². The summed E-state index contributed by atoms with van der Waals surface area (Å²) in [6.45, 7) is 1.91. The van der Waals surface area contributed by atoms with Crippen LogP contribution in [0.3, 0.4) is 0 Å². The second kappa shape index (κ2) is 7.49. The van der Waals surface area contributed by atoms with Gasteiger partial charge >= 0.3 is 0 Å². The number of thioether (sulfide) groups is 1. The van der Waals surface area contributed by atoms with Crippen molar-refractivity contribution in [3.05, 3.63) is 28.7 Å². The Hall–Kier alpha value is -1.34. The number of likely N-dealkylation sites (tertiary alicyclic amines) is 1. The molecule has 1 atom stereocenters. The molecule has 5 nitrogen and oxygen atoms in total. The molecule has 0 spiro atoms. The van der Waals surface area contributed by atoms with Gasteiger partial charge in [-0.1, -0.05) is 27.7 Å². The fraction of sp³-hybridized carbons (Fsp3) is 0.438. The average Bonchev–Trinajstić information content (AvgIpc) is 2.91. The fourth-order valence-corrected chi connectivity index (χ4v) is 4.02. The third kappa shape index (κ3) is 4.35. The highest BCUT2D eigenvalue weighted by Crippen LogP contribution is 2.29. The molecule has 0 saturated carbocycles. The van der Waals surface area contributed by atoms with E-state index in [2.05, 4.69) is 31.1 Å². The molecule has 23 heavy (non-hydrogen) atoms. The van der Waals surface area contributed by atoms with Crippen LogP contribution in [0.2, 0.25) is 0 Å². The molecular weight excluding hydrogens is 378 g/mol. The van der Waals surface area contributed by atoms with Crippen molar-refractivity contribution in [3.63, 3.8) is 0 Å². The van der Waals surface area contributed by atoms with Gasteiger partial charge in [-0.2, -0.15) is 4.99 Å². The Morgan fingerprint density at radius 2 is 1.96 bits per heavy atom. The first-order valence-corrected chi connectivity index (χ1v) is 9.38. The Balaban J connectivity index is 1.53. The largest absolute Gasteiger partial charge is 0.351 e. The van der Waals surface area contributed by atoms with Crippen LogP contribution in [0.5, 0.6) is 0 Å². The number of carbonyl (C=O) groups excluding carboxylic acids is 2.